The molecule has 0 aliphatic heterocycles. The first-order valence-electron chi connectivity index (χ1n) is 11.9. The highest BCUT2D eigenvalue weighted by atomic mass is 32.2. The Morgan fingerprint density at radius 1 is 0.921 bits per heavy atom. The molecule has 3 heterocycles. The lowest BCUT2D eigenvalue weighted by molar-refractivity contribution is 0.103. The van der Waals surface area contributed by atoms with Crippen LogP contribution in [0.5, 0.6) is 0 Å². The Hall–Kier alpha value is -4.70. The van der Waals surface area contributed by atoms with Crippen LogP contribution in [-0.2, 0) is 10.0 Å². The third-order valence-electron chi connectivity index (χ3n) is 6.59. The first kappa shape index (κ1) is 23.7. The van der Waals surface area contributed by atoms with Gasteiger partial charge >= 0.3 is 0 Å². The Bertz CT molecular complexity index is 2000. The van der Waals surface area contributed by atoms with Crippen molar-refractivity contribution < 1.29 is 13.2 Å². The molecule has 190 valence electrons. The molecule has 0 fully saturated rings. The second-order valence-electron chi connectivity index (χ2n) is 9.38. The van der Waals surface area contributed by atoms with Gasteiger partial charge in [0, 0.05) is 5.39 Å². The summed E-state index contributed by atoms with van der Waals surface area (Å²) in [5.74, 6) is 0.330. The number of rotatable bonds is 5. The van der Waals surface area contributed by atoms with Crippen LogP contribution in [0.15, 0.2) is 77.8 Å². The maximum atomic E-state index is 13.9. The van der Waals surface area contributed by atoms with Crippen molar-refractivity contribution in [2.75, 3.05) is 5.73 Å². The maximum Gasteiger partial charge on any atom is 0.268 e. The lowest BCUT2D eigenvalue weighted by atomic mass is 10.1. The summed E-state index contributed by atoms with van der Waals surface area (Å²) in [6.45, 7) is 5.62. The van der Waals surface area contributed by atoms with Gasteiger partial charge in [-0.05, 0) is 68.8 Å². The molecule has 6 rings (SSSR count). The smallest absolute Gasteiger partial charge is 0.268 e. The van der Waals surface area contributed by atoms with E-state index in [1.54, 1.807) is 42.5 Å². The predicted octanol–water partition coefficient (Wildman–Crippen LogP) is 4.68. The number of nitrogen functional groups attached to an aromatic ring is 1. The van der Waals surface area contributed by atoms with E-state index in [2.05, 4.69) is 15.1 Å². The molecule has 0 spiro atoms. The van der Waals surface area contributed by atoms with Gasteiger partial charge < -0.3 is 10.7 Å². The summed E-state index contributed by atoms with van der Waals surface area (Å²) in [5, 5.41) is 4.97. The average molecular weight is 525 g/mol. The number of benzene rings is 3. The minimum Gasteiger partial charge on any atom is -0.383 e. The van der Waals surface area contributed by atoms with Crippen LogP contribution in [0.4, 0.5) is 5.82 Å². The molecule has 0 aliphatic carbocycles. The fraction of sp³-hybridized carbons (Fsp3) is 0.107. The monoisotopic (exact) mass is 524 g/mol. The molecule has 0 saturated carbocycles. The van der Waals surface area contributed by atoms with Crippen LogP contribution in [-0.4, -0.2) is 37.9 Å². The van der Waals surface area contributed by atoms with Gasteiger partial charge in [-0.2, -0.15) is 5.10 Å². The first-order chi connectivity index (χ1) is 18.1. The normalized spacial score (nSPS) is 12.0. The number of nitrogens with one attached hydrogen (secondary N) is 1. The molecule has 0 atom stereocenters. The Morgan fingerprint density at radius 2 is 1.66 bits per heavy atom. The number of nitrogens with two attached hydrogens (primary N) is 1. The molecule has 9 nitrogen and oxygen atoms in total. The van der Waals surface area contributed by atoms with Gasteiger partial charge in [-0.25, -0.2) is 22.1 Å². The zero-order chi connectivity index (χ0) is 26.8. The van der Waals surface area contributed by atoms with Crippen molar-refractivity contribution in [2.24, 2.45) is 0 Å². The largest absolute Gasteiger partial charge is 0.383 e. The highest BCUT2D eigenvalue weighted by Crippen LogP contribution is 2.30. The van der Waals surface area contributed by atoms with Crippen molar-refractivity contribution in [1.82, 2.24) is 23.7 Å². The van der Waals surface area contributed by atoms with E-state index in [0.717, 1.165) is 32.0 Å². The highest BCUT2D eigenvalue weighted by Gasteiger charge is 2.29. The number of carbonyl (C=O) groups excluding carboxylic acids is 1. The van der Waals surface area contributed by atoms with Crippen LogP contribution in [0.25, 0.3) is 27.6 Å². The summed E-state index contributed by atoms with van der Waals surface area (Å²) in [7, 11) is -4.10. The van der Waals surface area contributed by atoms with Gasteiger partial charge in [0.15, 0.2) is 0 Å². The van der Waals surface area contributed by atoms with Crippen LogP contribution < -0.4 is 5.73 Å². The summed E-state index contributed by atoms with van der Waals surface area (Å²) in [6, 6.07) is 19.0. The molecule has 3 aromatic carbocycles. The van der Waals surface area contributed by atoms with Crippen molar-refractivity contribution >= 4 is 43.6 Å². The number of carbonyl (C=O) groups is 1. The third-order valence-corrected chi connectivity index (χ3v) is 8.33. The second kappa shape index (κ2) is 8.42. The lowest BCUT2D eigenvalue weighted by Gasteiger charge is -2.12. The summed E-state index contributed by atoms with van der Waals surface area (Å²) in [4.78, 5) is 21.6. The van der Waals surface area contributed by atoms with E-state index in [4.69, 9.17) is 5.73 Å². The number of aromatic nitrogens is 5. The molecule has 0 aliphatic rings. The Labute approximate surface area is 218 Å². The Kier molecular flexibility index (Phi) is 5.25. The minimum atomic E-state index is -4.10. The predicted molar refractivity (Wildman–Crippen MR) is 146 cm³/mol. The van der Waals surface area contributed by atoms with E-state index < -0.39 is 15.8 Å². The van der Waals surface area contributed by atoms with Gasteiger partial charge in [0.2, 0.25) is 5.78 Å². The van der Waals surface area contributed by atoms with Crippen LogP contribution in [0.1, 0.15) is 33.0 Å². The molecule has 3 N–H and O–H groups in total. The van der Waals surface area contributed by atoms with Crippen LogP contribution in [0, 0.1) is 20.8 Å². The first-order valence-corrected chi connectivity index (χ1v) is 13.4. The fourth-order valence-electron chi connectivity index (χ4n) is 4.65. The topological polar surface area (TPSA) is 129 Å². The zero-order valence-corrected chi connectivity index (χ0v) is 21.7. The third kappa shape index (κ3) is 3.69. The molecule has 0 saturated heterocycles. The molecular weight excluding hydrogens is 500 g/mol. The van der Waals surface area contributed by atoms with Crippen molar-refractivity contribution in [3.8, 4) is 5.69 Å². The molecule has 6 aromatic rings. The zero-order valence-electron chi connectivity index (χ0n) is 20.9. The maximum absolute atomic E-state index is 13.9. The molecule has 38 heavy (non-hydrogen) atoms. The summed E-state index contributed by atoms with van der Waals surface area (Å²) < 4.78 is 30.3. The lowest BCUT2D eigenvalue weighted by Crippen LogP contribution is -2.19. The van der Waals surface area contributed by atoms with Gasteiger partial charge in [-0.15, -0.1) is 0 Å². The van der Waals surface area contributed by atoms with Crippen LogP contribution in [0.3, 0.4) is 0 Å². The number of H-pyrrole nitrogens is 1. The number of fused-ring (bicyclic) bond motifs is 2. The SMILES string of the molecule is Cc1ccc(S(=O)(=O)n2c(C(=O)c3cnn(-c4ccc5[nH]c(C)nc5c4)c3N)cc3ccc(C)cc32)cc1. The standard InChI is InChI=1S/C28H24N6O3S/c1-16-5-9-21(10-6-16)38(36,37)34-25-12-17(2)4-7-19(25)13-26(34)27(35)22-15-30-33(28(22)29)20-8-11-23-24(14-20)32-18(3)31-23/h4-15H,29H2,1-3H3,(H,31,32). The molecular formula is C28H24N6O3S. The van der Waals surface area contributed by atoms with E-state index in [-0.39, 0.29) is 22.0 Å². The number of hydrogen-bond donors (Lipinski definition) is 2. The average Bonchev–Trinajstić information content (AvgIpc) is 3.57. The van der Waals surface area contributed by atoms with E-state index in [1.807, 2.05) is 45.0 Å². The van der Waals surface area contributed by atoms with Gasteiger partial charge in [0.1, 0.15) is 17.3 Å². The number of imidazole rings is 1. The van der Waals surface area contributed by atoms with Crippen molar-refractivity contribution in [3.63, 3.8) is 0 Å². The van der Waals surface area contributed by atoms with Gasteiger partial charge in [0.25, 0.3) is 10.0 Å². The quantitative estimate of drug-likeness (QED) is 0.315. The summed E-state index contributed by atoms with van der Waals surface area (Å²) >= 11 is 0. The van der Waals surface area contributed by atoms with Gasteiger partial charge in [-0.1, -0.05) is 29.8 Å². The van der Waals surface area contributed by atoms with Crippen molar-refractivity contribution in [3.05, 3.63) is 101 Å². The van der Waals surface area contributed by atoms with E-state index in [9.17, 15) is 13.2 Å². The molecule has 0 unspecified atom stereocenters. The van der Waals surface area contributed by atoms with Gasteiger partial charge in [-0.3, -0.25) is 4.79 Å². The van der Waals surface area contributed by atoms with Crippen molar-refractivity contribution in [1.29, 1.82) is 0 Å². The molecule has 0 bridgehead atoms. The molecule has 10 heteroatoms. The molecule has 3 aromatic heterocycles. The number of aryl methyl sites for hydroxylation is 3. The number of nitrogens with zero attached hydrogens (tertiary/aromatic N) is 4. The molecule has 0 amide bonds. The van der Waals surface area contributed by atoms with E-state index in [0.29, 0.717) is 16.6 Å². The number of hydrogen-bond acceptors (Lipinski definition) is 6. The number of aromatic amines is 1. The minimum absolute atomic E-state index is 0.0178. The number of ketones is 1. The van der Waals surface area contributed by atoms with E-state index in [1.165, 1.54) is 10.9 Å². The Balaban J connectivity index is 1.51. The Morgan fingerprint density at radius 3 is 2.42 bits per heavy atom. The van der Waals surface area contributed by atoms with Gasteiger partial charge in [0.05, 0.1) is 38.9 Å². The van der Waals surface area contributed by atoms with Crippen molar-refractivity contribution in [2.45, 2.75) is 25.7 Å². The second-order valence-corrected chi connectivity index (χ2v) is 11.2. The summed E-state index contributed by atoms with van der Waals surface area (Å²) in [5.41, 5.74) is 11.0. The number of anilines is 1. The van der Waals surface area contributed by atoms with Crippen LogP contribution >= 0.6 is 0 Å². The molecule has 0 radical (unpaired) electrons. The highest BCUT2D eigenvalue weighted by molar-refractivity contribution is 7.90. The van der Waals surface area contributed by atoms with E-state index >= 15 is 0 Å². The van der Waals surface area contributed by atoms with Crippen LogP contribution in [0.2, 0.25) is 0 Å². The fourth-order valence-corrected chi connectivity index (χ4v) is 6.15. The summed E-state index contributed by atoms with van der Waals surface area (Å²) in [6.07, 6.45) is 1.36.